The fraction of sp³-hybridized carbons (Fsp3) is 0.200. The van der Waals surface area contributed by atoms with Crippen molar-refractivity contribution < 1.29 is 14.6 Å². The molecular formula is C15H13Cl2NO3. The van der Waals surface area contributed by atoms with Crippen LogP contribution in [0.1, 0.15) is 23.7 Å². The van der Waals surface area contributed by atoms with Gasteiger partial charge in [0.05, 0.1) is 22.9 Å². The molecule has 1 aromatic carbocycles. The molecule has 1 aromatic heterocycles. The third kappa shape index (κ3) is 3.65. The first kappa shape index (κ1) is 15.6. The van der Waals surface area contributed by atoms with Crippen LogP contribution in [0.5, 0.6) is 5.88 Å². The Bertz CT molecular complexity index is 674. The average molecular weight is 326 g/mol. The molecule has 6 heteroatoms. The van der Waals surface area contributed by atoms with Crippen LogP contribution in [0.3, 0.4) is 0 Å². The summed E-state index contributed by atoms with van der Waals surface area (Å²) in [5.41, 5.74) is 0.821. The van der Waals surface area contributed by atoms with Gasteiger partial charge in [0.15, 0.2) is 0 Å². The Morgan fingerprint density at radius 3 is 2.67 bits per heavy atom. The molecule has 4 nitrogen and oxygen atoms in total. The largest absolute Gasteiger partial charge is 0.478 e. The molecule has 110 valence electrons. The summed E-state index contributed by atoms with van der Waals surface area (Å²) in [6.07, 6.45) is 0.833. The summed E-state index contributed by atoms with van der Waals surface area (Å²) in [6, 6.07) is 7.82. The zero-order valence-electron chi connectivity index (χ0n) is 11.3. The van der Waals surface area contributed by atoms with Gasteiger partial charge >= 0.3 is 5.97 Å². The maximum Gasteiger partial charge on any atom is 0.337 e. The molecular weight excluding hydrogens is 313 g/mol. The molecule has 21 heavy (non-hydrogen) atoms. The maximum absolute atomic E-state index is 11.3. The molecule has 1 N–H and O–H groups in total. The molecule has 0 unspecified atom stereocenters. The highest BCUT2D eigenvalue weighted by molar-refractivity contribution is 6.36. The average Bonchev–Trinajstić information content (AvgIpc) is 2.44. The molecule has 0 aliphatic rings. The third-order valence-corrected chi connectivity index (χ3v) is 3.29. The summed E-state index contributed by atoms with van der Waals surface area (Å²) >= 11 is 12.0. The second-order valence-electron chi connectivity index (χ2n) is 4.32. The minimum atomic E-state index is -1.08. The first-order valence-corrected chi connectivity index (χ1v) is 7.11. The minimum absolute atomic E-state index is 0.0584. The highest BCUT2D eigenvalue weighted by Gasteiger charge is 2.17. The number of hydrogen-bond acceptors (Lipinski definition) is 3. The Morgan fingerprint density at radius 2 is 2.05 bits per heavy atom. The molecule has 0 aliphatic carbocycles. The van der Waals surface area contributed by atoms with Crippen molar-refractivity contribution in [2.75, 3.05) is 6.61 Å². The monoisotopic (exact) mass is 325 g/mol. The maximum atomic E-state index is 11.3. The lowest BCUT2D eigenvalue weighted by atomic mass is 10.1. The number of nitrogens with zero attached hydrogens (tertiary/aromatic N) is 1. The van der Waals surface area contributed by atoms with Crippen molar-refractivity contribution in [3.63, 3.8) is 0 Å². The van der Waals surface area contributed by atoms with Crippen LogP contribution < -0.4 is 4.74 Å². The van der Waals surface area contributed by atoms with Crippen molar-refractivity contribution in [3.05, 3.63) is 45.9 Å². The van der Waals surface area contributed by atoms with Crippen molar-refractivity contribution in [1.82, 2.24) is 4.98 Å². The van der Waals surface area contributed by atoms with E-state index >= 15 is 0 Å². The van der Waals surface area contributed by atoms with Gasteiger partial charge in [-0.3, -0.25) is 0 Å². The third-order valence-electron chi connectivity index (χ3n) is 2.74. The van der Waals surface area contributed by atoms with E-state index in [4.69, 9.17) is 27.9 Å². The number of rotatable bonds is 5. The number of carboxylic acid groups (broad SMARTS) is 1. The standard InChI is InChI=1S/C15H13Cl2NO3/c1-2-7-21-13-6-5-11(15(19)20)14(18-13)10-4-3-9(16)8-12(10)17/h3-6,8H,2,7H2,1H3,(H,19,20). The van der Waals surface area contributed by atoms with Crippen LogP contribution in [0.25, 0.3) is 11.3 Å². The number of carbonyl (C=O) groups is 1. The van der Waals surface area contributed by atoms with Crippen LogP contribution in [0.15, 0.2) is 30.3 Å². The predicted octanol–water partition coefficient (Wildman–Crippen LogP) is 4.54. The molecule has 0 saturated carbocycles. The molecule has 0 saturated heterocycles. The lowest BCUT2D eigenvalue weighted by Gasteiger charge is -2.10. The molecule has 0 radical (unpaired) electrons. The van der Waals surface area contributed by atoms with E-state index < -0.39 is 5.97 Å². The molecule has 0 spiro atoms. The predicted molar refractivity (Wildman–Crippen MR) is 82.4 cm³/mol. The summed E-state index contributed by atoms with van der Waals surface area (Å²) in [7, 11) is 0. The van der Waals surface area contributed by atoms with Crippen molar-refractivity contribution in [2.24, 2.45) is 0 Å². The number of pyridine rings is 1. The van der Waals surface area contributed by atoms with Crippen LogP contribution in [0, 0.1) is 0 Å². The summed E-state index contributed by atoms with van der Waals surface area (Å²) in [4.78, 5) is 15.6. The highest BCUT2D eigenvalue weighted by atomic mass is 35.5. The highest BCUT2D eigenvalue weighted by Crippen LogP contribution is 2.32. The number of halogens is 2. The van der Waals surface area contributed by atoms with Gasteiger partial charge < -0.3 is 9.84 Å². The van der Waals surface area contributed by atoms with Gasteiger partial charge in [-0.2, -0.15) is 0 Å². The number of ether oxygens (including phenoxy) is 1. The summed E-state index contributed by atoms with van der Waals surface area (Å²) < 4.78 is 5.44. The molecule has 1 heterocycles. The van der Waals surface area contributed by atoms with E-state index in [0.29, 0.717) is 28.1 Å². The number of benzene rings is 1. The van der Waals surface area contributed by atoms with Crippen molar-refractivity contribution in [3.8, 4) is 17.1 Å². The van der Waals surface area contributed by atoms with Crippen molar-refractivity contribution in [2.45, 2.75) is 13.3 Å². The van der Waals surface area contributed by atoms with E-state index in [-0.39, 0.29) is 11.3 Å². The van der Waals surface area contributed by atoms with Crippen LogP contribution in [-0.2, 0) is 0 Å². The Morgan fingerprint density at radius 1 is 1.29 bits per heavy atom. The molecule has 0 amide bonds. The molecule has 0 atom stereocenters. The van der Waals surface area contributed by atoms with Gasteiger partial charge in [0, 0.05) is 16.7 Å². The lowest BCUT2D eigenvalue weighted by Crippen LogP contribution is -2.04. The van der Waals surface area contributed by atoms with E-state index in [9.17, 15) is 9.90 Å². The van der Waals surface area contributed by atoms with Crippen molar-refractivity contribution >= 4 is 29.2 Å². The molecule has 0 aliphatic heterocycles. The second-order valence-corrected chi connectivity index (χ2v) is 5.17. The Kier molecular flexibility index (Phi) is 5.04. The van der Waals surface area contributed by atoms with E-state index in [2.05, 4.69) is 4.98 Å². The fourth-order valence-electron chi connectivity index (χ4n) is 1.79. The van der Waals surface area contributed by atoms with E-state index in [0.717, 1.165) is 6.42 Å². The second kappa shape index (κ2) is 6.78. The number of hydrogen-bond donors (Lipinski definition) is 1. The van der Waals surface area contributed by atoms with Gasteiger partial charge in [-0.25, -0.2) is 9.78 Å². The first-order chi connectivity index (χ1) is 10.0. The minimum Gasteiger partial charge on any atom is -0.478 e. The van der Waals surface area contributed by atoms with Gasteiger partial charge in [-0.1, -0.05) is 30.1 Å². The fourth-order valence-corrected chi connectivity index (χ4v) is 2.29. The smallest absolute Gasteiger partial charge is 0.337 e. The molecule has 2 rings (SSSR count). The van der Waals surface area contributed by atoms with Crippen LogP contribution in [0.4, 0.5) is 0 Å². The van der Waals surface area contributed by atoms with Crippen LogP contribution in [-0.4, -0.2) is 22.7 Å². The lowest BCUT2D eigenvalue weighted by molar-refractivity contribution is 0.0697. The van der Waals surface area contributed by atoms with Gasteiger partial charge in [0.2, 0.25) is 5.88 Å². The van der Waals surface area contributed by atoms with Gasteiger partial charge in [-0.05, 0) is 30.7 Å². The zero-order chi connectivity index (χ0) is 15.4. The molecule has 2 aromatic rings. The zero-order valence-corrected chi connectivity index (χ0v) is 12.8. The van der Waals surface area contributed by atoms with Gasteiger partial charge in [0.25, 0.3) is 0 Å². The number of carboxylic acids is 1. The Labute approximate surface area is 132 Å². The van der Waals surface area contributed by atoms with E-state index in [1.807, 2.05) is 6.92 Å². The van der Waals surface area contributed by atoms with E-state index in [1.54, 1.807) is 18.2 Å². The summed E-state index contributed by atoms with van der Waals surface area (Å²) in [5.74, 6) is -0.714. The Hall–Kier alpha value is -1.78. The van der Waals surface area contributed by atoms with Crippen molar-refractivity contribution in [1.29, 1.82) is 0 Å². The first-order valence-electron chi connectivity index (χ1n) is 6.35. The number of aromatic nitrogens is 1. The van der Waals surface area contributed by atoms with Gasteiger partial charge in [0.1, 0.15) is 0 Å². The Balaban J connectivity index is 2.54. The summed E-state index contributed by atoms with van der Waals surface area (Å²) in [5, 5.41) is 10.1. The summed E-state index contributed by atoms with van der Waals surface area (Å²) in [6.45, 7) is 2.48. The normalized spacial score (nSPS) is 10.4. The SMILES string of the molecule is CCCOc1ccc(C(=O)O)c(-c2ccc(Cl)cc2Cl)n1. The van der Waals surface area contributed by atoms with E-state index in [1.165, 1.54) is 12.1 Å². The van der Waals surface area contributed by atoms with Crippen LogP contribution >= 0.6 is 23.2 Å². The quantitative estimate of drug-likeness (QED) is 0.876. The van der Waals surface area contributed by atoms with Gasteiger partial charge in [-0.15, -0.1) is 0 Å². The molecule has 0 fully saturated rings. The topological polar surface area (TPSA) is 59.4 Å². The van der Waals surface area contributed by atoms with Crippen LogP contribution in [0.2, 0.25) is 10.0 Å². The molecule has 0 bridgehead atoms. The number of aromatic carboxylic acids is 1.